The molecule has 8 nitrogen and oxygen atoms in total. The number of esters is 1. The van der Waals surface area contributed by atoms with Crippen molar-refractivity contribution in [2.24, 2.45) is 0 Å². The summed E-state index contributed by atoms with van der Waals surface area (Å²) in [7, 11) is 0. The van der Waals surface area contributed by atoms with Gasteiger partial charge in [0, 0.05) is 50.8 Å². The highest BCUT2D eigenvalue weighted by atomic mass is 16.5. The first-order valence-corrected chi connectivity index (χ1v) is 9.01. The molecule has 0 unspecified atom stereocenters. The molecule has 0 aliphatic carbocycles. The molecule has 0 saturated carbocycles. The molecular formula is C19H25N3O5. The van der Waals surface area contributed by atoms with Gasteiger partial charge in [0.05, 0.1) is 13.0 Å². The number of benzene rings is 1. The third-order valence-electron chi connectivity index (χ3n) is 4.20. The van der Waals surface area contributed by atoms with Crippen LogP contribution in [0.15, 0.2) is 24.3 Å². The molecule has 1 fully saturated rings. The summed E-state index contributed by atoms with van der Waals surface area (Å²) in [5.41, 5.74) is 1.06. The fraction of sp³-hybridized carbons (Fsp3) is 0.474. The van der Waals surface area contributed by atoms with Crippen molar-refractivity contribution in [2.75, 3.05) is 38.1 Å². The van der Waals surface area contributed by atoms with Gasteiger partial charge >= 0.3 is 5.97 Å². The van der Waals surface area contributed by atoms with Crippen molar-refractivity contribution in [1.82, 2.24) is 9.80 Å². The molecule has 1 aromatic carbocycles. The lowest BCUT2D eigenvalue weighted by molar-refractivity contribution is -0.146. The number of hydrogen-bond donors (Lipinski definition) is 1. The zero-order chi connectivity index (χ0) is 19.8. The van der Waals surface area contributed by atoms with Crippen LogP contribution in [0, 0.1) is 0 Å². The Hall–Kier alpha value is -2.90. The second kappa shape index (κ2) is 9.70. The van der Waals surface area contributed by atoms with E-state index in [1.165, 1.54) is 6.92 Å². The first kappa shape index (κ1) is 20.4. The molecule has 0 aromatic heterocycles. The van der Waals surface area contributed by atoms with Crippen LogP contribution in [0.25, 0.3) is 0 Å². The monoisotopic (exact) mass is 375 g/mol. The van der Waals surface area contributed by atoms with Crippen LogP contribution in [0.4, 0.5) is 5.69 Å². The van der Waals surface area contributed by atoms with Gasteiger partial charge in [0.25, 0.3) is 5.91 Å². The van der Waals surface area contributed by atoms with Gasteiger partial charge in [-0.25, -0.2) is 0 Å². The van der Waals surface area contributed by atoms with E-state index in [9.17, 15) is 19.2 Å². The number of hydrogen-bond acceptors (Lipinski definition) is 5. The van der Waals surface area contributed by atoms with Gasteiger partial charge in [-0.2, -0.15) is 0 Å². The number of rotatable bonds is 6. The van der Waals surface area contributed by atoms with Gasteiger partial charge in [0.15, 0.2) is 0 Å². The van der Waals surface area contributed by atoms with Gasteiger partial charge in [-0.3, -0.25) is 19.2 Å². The maximum absolute atomic E-state index is 12.6. The molecule has 8 heteroatoms. The van der Waals surface area contributed by atoms with Crippen molar-refractivity contribution in [2.45, 2.75) is 26.7 Å². The molecule has 1 aromatic rings. The molecule has 27 heavy (non-hydrogen) atoms. The van der Waals surface area contributed by atoms with Crippen molar-refractivity contribution in [1.29, 1.82) is 0 Å². The fourth-order valence-corrected chi connectivity index (χ4v) is 2.88. The summed E-state index contributed by atoms with van der Waals surface area (Å²) in [5, 5.41) is 2.66. The molecule has 1 saturated heterocycles. The lowest BCUT2D eigenvalue weighted by atomic mass is 10.1. The third-order valence-corrected chi connectivity index (χ3v) is 4.20. The lowest BCUT2D eigenvalue weighted by Crippen LogP contribution is -2.50. The molecule has 0 radical (unpaired) electrons. The number of anilines is 1. The van der Waals surface area contributed by atoms with E-state index < -0.39 is 0 Å². The van der Waals surface area contributed by atoms with Crippen molar-refractivity contribution in [3.63, 3.8) is 0 Å². The average Bonchev–Trinajstić information content (AvgIpc) is 2.65. The Morgan fingerprint density at radius 3 is 2.33 bits per heavy atom. The topological polar surface area (TPSA) is 96.0 Å². The number of piperazine rings is 1. The Morgan fingerprint density at radius 1 is 1.04 bits per heavy atom. The Kier molecular flexibility index (Phi) is 7.34. The molecular weight excluding hydrogens is 350 g/mol. The molecule has 0 bridgehead atoms. The van der Waals surface area contributed by atoms with Crippen molar-refractivity contribution in [3.8, 4) is 0 Å². The molecule has 146 valence electrons. The third kappa shape index (κ3) is 6.09. The predicted octanol–water partition coefficient (Wildman–Crippen LogP) is 1.27. The standard InChI is InChI=1S/C19H25N3O5/c1-3-27-18(25)8-7-17(24)21-9-11-22(12-10-21)19(26)15-5-4-6-16(13-15)20-14(2)23/h4-6,13H,3,7-12H2,1-2H3,(H,20,23). The number of amides is 3. The minimum atomic E-state index is -0.376. The molecule has 0 spiro atoms. The number of ether oxygens (including phenoxy) is 1. The van der Waals surface area contributed by atoms with Crippen LogP contribution in [-0.2, 0) is 19.1 Å². The van der Waals surface area contributed by atoms with E-state index >= 15 is 0 Å². The van der Waals surface area contributed by atoms with E-state index in [1.54, 1.807) is 41.0 Å². The normalized spacial score (nSPS) is 13.9. The predicted molar refractivity (Wildman–Crippen MR) is 99.1 cm³/mol. The van der Waals surface area contributed by atoms with Crippen molar-refractivity contribution in [3.05, 3.63) is 29.8 Å². The average molecular weight is 375 g/mol. The summed E-state index contributed by atoms with van der Waals surface area (Å²) in [6.07, 6.45) is 0.188. The second-order valence-corrected chi connectivity index (χ2v) is 6.24. The first-order valence-electron chi connectivity index (χ1n) is 9.01. The maximum Gasteiger partial charge on any atom is 0.306 e. The fourth-order valence-electron chi connectivity index (χ4n) is 2.88. The van der Waals surface area contributed by atoms with Gasteiger partial charge in [0.1, 0.15) is 0 Å². The van der Waals surface area contributed by atoms with E-state index in [2.05, 4.69) is 5.32 Å². The number of nitrogens with zero attached hydrogens (tertiary/aromatic N) is 2. The summed E-state index contributed by atoms with van der Waals surface area (Å²) in [5.74, 6) is -0.822. The quantitative estimate of drug-likeness (QED) is 0.756. The summed E-state index contributed by atoms with van der Waals surface area (Å²) in [4.78, 5) is 50.7. The summed E-state index contributed by atoms with van der Waals surface area (Å²) >= 11 is 0. The number of carbonyl (C=O) groups is 4. The highest BCUT2D eigenvalue weighted by Gasteiger charge is 2.25. The SMILES string of the molecule is CCOC(=O)CCC(=O)N1CCN(C(=O)c2cccc(NC(C)=O)c2)CC1. The minimum Gasteiger partial charge on any atom is -0.466 e. The van der Waals surface area contributed by atoms with Crippen LogP contribution in [-0.4, -0.2) is 66.3 Å². The number of carbonyl (C=O) groups excluding carboxylic acids is 4. The highest BCUT2D eigenvalue weighted by Crippen LogP contribution is 2.15. The van der Waals surface area contributed by atoms with E-state index in [-0.39, 0.29) is 36.5 Å². The Bertz CT molecular complexity index is 711. The van der Waals surface area contributed by atoms with E-state index in [1.807, 2.05) is 0 Å². The first-order chi connectivity index (χ1) is 12.9. The molecule has 1 heterocycles. The number of nitrogens with one attached hydrogen (secondary N) is 1. The highest BCUT2D eigenvalue weighted by molar-refractivity contribution is 5.97. The van der Waals surface area contributed by atoms with Crippen LogP contribution in [0.1, 0.15) is 37.0 Å². The minimum absolute atomic E-state index is 0.0712. The summed E-state index contributed by atoms with van der Waals surface area (Å²) in [6, 6.07) is 6.77. The Labute approximate surface area is 158 Å². The van der Waals surface area contributed by atoms with Crippen LogP contribution in [0.5, 0.6) is 0 Å². The van der Waals surface area contributed by atoms with Gasteiger partial charge < -0.3 is 19.9 Å². The van der Waals surface area contributed by atoms with E-state index in [4.69, 9.17) is 4.74 Å². The van der Waals surface area contributed by atoms with Crippen molar-refractivity contribution < 1.29 is 23.9 Å². The molecule has 1 aliphatic heterocycles. The van der Waals surface area contributed by atoms with E-state index in [0.717, 1.165) is 0 Å². The molecule has 0 atom stereocenters. The summed E-state index contributed by atoms with van der Waals surface area (Å²) in [6.45, 7) is 5.14. The van der Waals surface area contributed by atoms with Crippen LogP contribution in [0.3, 0.4) is 0 Å². The van der Waals surface area contributed by atoms with Gasteiger partial charge in [-0.05, 0) is 25.1 Å². The summed E-state index contributed by atoms with van der Waals surface area (Å²) < 4.78 is 4.82. The molecule has 2 rings (SSSR count). The molecule has 3 amide bonds. The molecule has 1 N–H and O–H groups in total. The zero-order valence-electron chi connectivity index (χ0n) is 15.7. The maximum atomic E-state index is 12.6. The van der Waals surface area contributed by atoms with Crippen LogP contribution < -0.4 is 5.32 Å². The molecule has 1 aliphatic rings. The zero-order valence-corrected chi connectivity index (χ0v) is 15.7. The van der Waals surface area contributed by atoms with Crippen LogP contribution >= 0.6 is 0 Å². The van der Waals surface area contributed by atoms with Gasteiger partial charge in [0.2, 0.25) is 11.8 Å². The largest absolute Gasteiger partial charge is 0.466 e. The lowest BCUT2D eigenvalue weighted by Gasteiger charge is -2.35. The smallest absolute Gasteiger partial charge is 0.306 e. The second-order valence-electron chi connectivity index (χ2n) is 6.24. The van der Waals surface area contributed by atoms with E-state index in [0.29, 0.717) is 44.0 Å². The van der Waals surface area contributed by atoms with Crippen molar-refractivity contribution >= 4 is 29.4 Å². The Morgan fingerprint density at radius 2 is 1.70 bits per heavy atom. The van der Waals surface area contributed by atoms with Crippen LogP contribution in [0.2, 0.25) is 0 Å². The van der Waals surface area contributed by atoms with Gasteiger partial charge in [-0.15, -0.1) is 0 Å². The Balaban J connectivity index is 1.86. The van der Waals surface area contributed by atoms with Gasteiger partial charge in [-0.1, -0.05) is 6.07 Å².